The molecular formula is C11H21O3PW. The molecular weight excluding hydrogens is 395 g/mol. The Morgan fingerprint density at radius 2 is 2.19 bits per heavy atom. The second-order valence-corrected chi connectivity index (χ2v) is 4.77. The van der Waals surface area contributed by atoms with Crippen molar-refractivity contribution in [3.63, 3.8) is 0 Å². The summed E-state index contributed by atoms with van der Waals surface area (Å²) < 4.78 is 10.7. The molecule has 16 heavy (non-hydrogen) atoms. The first-order chi connectivity index (χ1) is 6.74. The van der Waals surface area contributed by atoms with Gasteiger partial charge in [-0.25, -0.2) is 6.61 Å². The van der Waals surface area contributed by atoms with Gasteiger partial charge in [0.1, 0.15) is 12.4 Å². The molecule has 0 aromatic heterocycles. The summed E-state index contributed by atoms with van der Waals surface area (Å²) in [6, 6.07) is 0. The third-order valence-electron chi connectivity index (χ3n) is 2.77. The Kier molecular flexibility index (Phi) is 11.6. The van der Waals surface area contributed by atoms with E-state index in [4.69, 9.17) is 9.47 Å². The zero-order chi connectivity index (χ0) is 10.6. The number of ether oxygens (including phenoxy) is 2. The molecule has 1 rings (SSSR count). The van der Waals surface area contributed by atoms with E-state index in [2.05, 4.69) is 13.6 Å². The van der Waals surface area contributed by atoms with Crippen LogP contribution in [0, 0.1) is 25.9 Å². The van der Waals surface area contributed by atoms with Crippen molar-refractivity contribution in [3.05, 3.63) is 14.0 Å². The number of hydrogen-bond acceptors (Lipinski definition) is 3. The van der Waals surface area contributed by atoms with E-state index in [0.29, 0.717) is 11.8 Å². The summed E-state index contributed by atoms with van der Waals surface area (Å²) in [6.07, 6.45) is 1.42. The molecule has 1 saturated heterocycles. The van der Waals surface area contributed by atoms with Gasteiger partial charge in [-0.3, -0.25) is 0 Å². The molecule has 0 bridgehead atoms. The smallest absolute Gasteiger partial charge is 0.542 e. The quantitative estimate of drug-likeness (QED) is 0.398. The minimum absolute atomic E-state index is 0. The van der Waals surface area contributed by atoms with Crippen LogP contribution in [0.1, 0.15) is 6.92 Å². The van der Waals surface area contributed by atoms with E-state index in [1.54, 1.807) is 7.11 Å². The van der Waals surface area contributed by atoms with Crippen molar-refractivity contribution in [2.45, 2.75) is 19.1 Å². The van der Waals surface area contributed by atoms with E-state index in [0.717, 1.165) is 21.0 Å². The van der Waals surface area contributed by atoms with Crippen LogP contribution in [0.15, 0.2) is 0 Å². The Bertz CT molecular complexity index is 192. The van der Waals surface area contributed by atoms with Crippen LogP contribution in [0.3, 0.4) is 0 Å². The summed E-state index contributed by atoms with van der Waals surface area (Å²) >= 11 is 0. The van der Waals surface area contributed by atoms with E-state index in [-0.39, 0.29) is 34.6 Å². The predicted molar refractivity (Wildman–Crippen MR) is 64.2 cm³/mol. The largest absolute Gasteiger partial charge is 2.00 e. The summed E-state index contributed by atoms with van der Waals surface area (Å²) in [4.78, 5) is 10.7. The maximum Gasteiger partial charge on any atom is 2.00 e. The van der Waals surface area contributed by atoms with Gasteiger partial charge in [0.2, 0.25) is 0 Å². The van der Waals surface area contributed by atoms with Crippen molar-refractivity contribution in [2.24, 2.45) is 11.8 Å². The predicted octanol–water partition coefficient (Wildman–Crippen LogP) is 1.77. The van der Waals surface area contributed by atoms with Crippen LogP contribution >= 0.6 is 8.58 Å². The van der Waals surface area contributed by atoms with Crippen LogP contribution in [0.5, 0.6) is 0 Å². The Balaban J connectivity index is 0. The molecule has 1 aliphatic heterocycles. The number of aldehydes is 1. The molecule has 0 aliphatic carbocycles. The van der Waals surface area contributed by atoms with Crippen molar-refractivity contribution in [2.75, 3.05) is 19.9 Å². The Labute approximate surface area is 115 Å². The average molecular weight is 416 g/mol. The SMILES string of the molecule is COC1C(C=O)O[CH-]C(CPC)C1C.[CH3-].[W+2]. The molecule has 0 aromatic carbocycles. The van der Waals surface area contributed by atoms with Crippen LogP contribution < -0.4 is 0 Å². The van der Waals surface area contributed by atoms with E-state index in [9.17, 15) is 4.79 Å². The van der Waals surface area contributed by atoms with Crippen LogP contribution in [-0.2, 0) is 35.3 Å². The minimum atomic E-state index is -0.425. The molecule has 5 unspecified atom stereocenters. The second kappa shape index (κ2) is 9.71. The summed E-state index contributed by atoms with van der Waals surface area (Å²) in [7, 11) is 2.54. The maximum atomic E-state index is 10.7. The van der Waals surface area contributed by atoms with E-state index in [1.165, 1.54) is 0 Å². The van der Waals surface area contributed by atoms with Crippen molar-refractivity contribution >= 4 is 14.9 Å². The molecule has 0 radical (unpaired) electrons. The Morgan fingerprint density at radius 1 is 1.56 bits per heavy atom. The first-order valence-electron chi connectivity index (χ1n) is 4.86. The molecule has 94 valence electrons. The third kappa shape index (κ3) is 4.53. The van der Waals surface area contributed by atoms with Gasteiger partial charge in [-0.2, -0.15) is 0 Å². The first-order valence-corrected chi connectivity index (χ1v) is 6.56. The standard InChI is InChI=1S/C10H18O3P.CH3.W/c1-7-8(6-14-3)5-13-9(4-11)10(7)12-2;;/h4-5,7-10,14H,6H2,1-3H3;1H3;/q2*-1;+2. The van der Waals surface area contributed by atoms with Crippen molar-refractivity contribution in [1.29, 1.82) is 0 Å². The van der Waals surface area contributed by atoms with E-state index < -0.39 is 6.10 Å². The molecule has 0 amide bonds. The molecule has 1 fully saturated rings. The Hall–Kier alpha value is 0.708. The summed E-state index contributed by atoms with van der Waals surface area (Å²) in [5.41, 5.74) is 0. The van der Waals surface area contributed by atoms with Crippen LogP contribution in [0.25, 0.3) is 0 Å². The minimum Gasteiger partial charge on any atom is -0.542 e. The average Bonchev–Trinajstić information content (AvgIpc) is 2.21. The van der Waals surface area contributed by atoms with Crippen molar-refractivity contribution < 1.29 is 35.3 Å². The Morgan fingerprint density at radius 3 is 2.62 bits per heavy atom. The fourth-order valence-electron chi connectivity index (χ4n) is 1.86. The molecule has 3 nitrogen and oxygen atoms in total. The maximum absolute atomic E-state index is 10.7. The molecule has 0 spiro atoms. The van der Waals surface area contributed by atoms with Gasteiger partial charge >= 0.3 is 21.1 Å². The summed E-state index contributed by atoms with van der Waals surface area (Å²) in [5.74, 6) is 0.774. The molecule has 5 heteroatoms. The number of carbonyl (C=O) groups excluding carboxylic acids is 1. The number of hydrogen-bond donors (Lipinski definition) is 0. The molecule has 0 N–H and O–H groups in total. The van der Waals surface area contributed by atoms with Gasteiger partial charge in [-0.15, -0.1) is 14.5 Å². The van der Waals surface area contributed by atoms with Gasteiger partial charge in [0.25, 0.3) is 0 Å². The third-order valence-corrected chi connectivity index (χ3v) is 3.65. The van der Waals surface area contributed by atoms with E-state index >= 15 is 0 Å². The molecule has 1 aliphatic rings. The van der Waals surface area contributed by atoms with Gasteiger partial charge < -0.3 is 21.7 Å². The van der Waals surface area contributed by atoms with E-state index in [1.807, 2.05) is 6.61 Å². The van der Waals surface area contributed by atoms with Crippen LogP contribution in [0.4, 0.5) is 0 Å². The molecule has 1 heterocycles. The monoisotopic (exact) mass is 416 g/mol. The molecule has 0 saturated carbocycles. The topological polar surface area (TPSA) is 35.5 Å². The van der Waals surface area contributed by atoms with Crippen molar-refractivity contribution in [1.82, 2.24) is 0 Å². The van der Waals surface area contributed by atoms with Gasteiger partial charge in [0.05, 0.1) is 6.10 Å². The zero-order valence-electron chi connectivity index (χ0n) is 10.3. The molecule has 0 aromatic rings. The zero-order valence-corrected chi connectivity index (χ0v) is 14.2. The fourth-order valence-corrected chi connectivity index (χ4v) is 2.80. The van der Waals surface area contributed by atoms with Gasteiger partial charge in [0, 0.05) is 7.11 Å². The first kappa shape index (κ1) is 19.1. The fraction of sp³-hybridized carbons (Fsp3) is 0.727. The summed E-state index contributed by atoms with van der Waals surface area (Å²) in [6.45, 7) is 6.11. The van der Waals surface area contributed by atoms with Crippen molar-refractivity contribution in [3.8, 4) is 0 Å². The summed E-state index contributed by atoms with van der Waals surface area (Å²) in [5, 5.41) is 0. The van der Waals surface area contributed by atoms with Crippen LogP contribution in [0.2, 0.25) is 0 Å². The number of carbonyl (C=O) groups is 1. The number of methoxy groups -OCH3 is 1. The van der Waals surface area contributed by atoms with Crippen LogP contribution in [-0.4, -0.2) is 38.4 Å². The second-order valence-electron chi connectivity index (χ2n) is 3.65. The van der Waals surface area contributed by atoms with Gasteiger partial charge in [-0.05, 0) is 12.6 Å². The molecule has 5 atom stereocenters. The van der Waals surface area contributed by atoms with Gasteiger partial charge in [0.15, 0.2) is 0 Å². The normalized spacial score (nSPS) is 34.2. The number of rotatable bonds is 4. The van der Waals surface area contributed by atoms with Gasteiger partial charge in [-0.1, -0.05) is 13.1 Å².